The molecular weight excluding hydrogens is 473 g/mol. The molecule has 5 rings (SSSR count). The summed E-state index contributed by atoms with van der Waals surface area (Å²) in [4.78, 5) is 18.8. The van der Waals surface area contributed by atoms with Crippen LogP contribution in [0.4, 0.5) is 0 Å². The van der Waals surface area contributed by atoms with Crippen molar-refractivity contribution in [2.75, 3.05) is 6.61 Å². The Morgan fingerprint density at radius 2 is 1.71 bits per heavy atom. The van der Waals surface area contributed by atoms with E-state index in [1.54, 1.807) is 42.5 Å². The van der Waals surface area contributed by atoms with Gasteiger partial charge in [-0.15, -0.1) is 0 Å². The first kappa shape index (κ1) is 22.3. The fourth-order valence-electron chi connectivity index (χ4n) is 3.71. The summed E-state index contributed by atoms with van der Waals surface area (Å²) in [5.74, 6) is 0.474. The molecule has 3 aromatic carbocycles. The molecule has 0 bridgehead atoms. The maximum Gasteiger partial charge on any atom is 0.235 e. The maximum absolute atomic E-state index is 13.2. The molecule has 0 amide bonds. The molecule has 1 unspecified atom stereocenters. The van der Waals surface area contributed by atoms with Gasteiger partial charge >= 0.3 is 0 Å². The number of fused-ring (bicyclic) bond motifs is 1. The molecule has 0 N–H and O–H groups in total. The van der Waals surface area contributed by atoms with Gasteiger partial charge in [0.25, 0.3) is 0 Å². The molecule has 0 fully saturated rings. The van der Waals surface area contributed by atoms with Crippen molar-refractivity contribution in [3.05, 3.63) is 110 Å². The van der Waals surface area contributed by atoms with Crippen LogP contribution in [0.1, 0.15) is 23.3 Å². The van der Waals surface area contributed by atoms with Crippen LogP contribution in [-0.2, 0) is 4.84 Å². The average Bonchev–Trinajstić information content (AvgIpc) is 3.32. The lowest BCUT2D eigenvalue weighted by atomic mass is 10.1. The SMILES string of the molecule is O=c1c(OCC2CC(c3cc(Cl)cc(Cl)c3)=NO2)c(/C=C/c2ccccc2)oc2ccccc12. The number of ether oxygens (including phenoxy) is 1. The quantitative estimate of drug-likeness (QED) is 0.296. The highest BCUT2D eigenvalue weighted by Crippen LogP contribution is 2.26. The molecule has 1 aromatic heterocycles. The van der Waals surface area contributed by atoms with Crippen LogP contribution in [0.25, 0.3) is 23.1 Å². The lowest BCUT2D eigenvalue weighted by molar-refractivity contribution is 0.0462. The molecule has 0 saturated heterocycles. The molecule has 0 radical (unpaired) electrons. The van der Waals surface area contributed by atoms with E-state index in [4.69, 9.17) is 37.2 Å². The molecule has 5 nitrogen and oxygen atoms in total. The first-order valence-electron chi connectivity index (χ1n) is 10.7. The molecular formula is C27H19Cl2NO4. The van der Waals surface area contributed by atoms with Crippen molar-refractivity contribution < 1.29 is 14.0 Å². The van der Waals surface area contributed by atoms with Gasteiger partial charge in [-0.3, -0.25) is 4.79 Å². The zero-order valence-corrected chi connectivity index (χ0v) is 19.4. The largest absolute Gasteiger partial charge is 0.482 e. The second kappa shape index (κ2) is 9.75. The van der Waals surface area contributed by atoms with Gasteiger partial charge in [-0.1, -0.05) is 76.9 Å². The van der Waals surface area contributed by atoms with Crippen LogP contribution in [-0.4, -0.2) is 18.4 Å². The van der Waals surface area contributed by atoms with Crippen molar-refractivity contribution in [2.24, 2.45) is 5.16 Å². The van der Waals surface area contributed by atoms with E-state index in [2.05, 4.69) is 5.16 Å². The Balaban J connectivity index is 1.38. The van der Waals surface area contributed by atoms with E-state index in [0.29, 0.717) is 38.9 Å². The molecule has 0 spiro atoms. The summed E-state index contributed by atoms with van der Waals surface area (Å²) in [7, 11) is 0. The highest BCUT2D eigenvalue weighted by Gasteiger charge is 2.25. The third-order valence-corrected chi connectivity index (χ3v) is 5.79. The lowest BCUT2D eigenvalue weighted by Crippen LogP contribution is -2.21. The smallest absolute Gasteiger partial charge is 0.235 e. The van der Waals surface area contributed by atoms with Crippen LogP contribution in [0.2, 0.25) is 10.0 Å². The second-order valence-electron chi connectivity index (χ2n) is 7.80. The Morgan fingerprint density at radius 3 is 2.50 bits per heavy atom. The van der Waals surface area contributed by atoms with Crippen LogP contribution in [0.15, 0.2) is 87.2 Å². The fraction of sp³-hybridized carbons (Fsp3) is 0.111. The van der Waals surface area contributed by atoms with E-state index in [1.807, 2.05) is 42.5 Å². The molecule has 7 heteroatoms. The highest BCUT2D eigenvalue weighted by molar-refractivity contribution is 6.35. The Kier molecular flexibility index (Phi) is 6.39. The molecule has 34 heavy (non-hydrogen) atoms. The van der Waals surface area contributed by atoms with Crippen molar-refractivity contribution in [3.8, 4) is 5.75 Å². The van der Waals surface area contributed by atoms with Crippen LogP contribution < -0.4 is 10.2 Å². The van der Waals surface area contributed by atoms with Crippen LogP contribution in [0.3, 0.4) is 0 Å². The van der Waals surface area contributed by atoms with Gasteiger partial charge in [0.05, 0.1) is 11.1 Å². The normalized spacial score (nSPS) is 15.5. The van der Waals surface area contributed by atoms with Gasteiger partial charge in [0.1, 0.15) is 12.2 Å². The topological polar surface area (TPSA) is 61.0 Å². The molecule has 4 aromatic rings. The minimum Gasteiger partial charge on any atom is -0.482 e. The summed E-state index contributed by atoms with van der Waals surface area (Å²) >= 11 is 12.2. The van der Waals surface area contributed by atoms with Crippen molar-refractivity contribution in [1.82, 2.24) is 0 Å². The van der Waals surface area contributed by atoms with E-state index < -0.39 is 0 Å². The van der Waals surface area contributed by atoms with Gasteiger partial charge < -0.3 is 14.0 Å². The summed E-state index contributed by atoms with van der Waals surface area (Å²) in [5.41, 5.74) is 2.73. The molecule has 1 aliphatic rings. The lowest BCUT2D eigenvalue weighted by Gasteiger charge is -2.12. The van der Waals surface area contributed by atoms with E-state index in [-0.39, 0.29) is 23.9 Å². The van der Waals surface area contributed by atoms with Gasteiger partial charge in [-0.2, -0.15) is 0 Å². The van der Waals surface area contributed by atoms with E-state index in [1.165, 1.54) is 0 Å². The summed E-state index contributed by atoms with van der Waals surface area (Å²) in [5, 5.41) is 5.65. The number of hydrogen-bond donors (Lipinski definition) is 0. The predicted octanol–water partition coefficient (Wildman–Crippen LogP) is 6.84. The molecule has 170 valence electrons. The molecule has 0 aliphatic carbocycles. The number of hydrogen-bond acceptors (Lipinski definition) is 5. The Hall–Kier alpha value is -3.54. The van der Waals surface area contributed by atoms with Crippen molar-refractivity contribution in [3.63, 3.8) is 0 Å². The first-order valence-corrected chi connectivity index (χ1v) is 11.4. The van der Waals surface area contributed by atoms with Gasteiger partial charge in [0.2, 0.25) is 11.2 Å². The van der Waals surface area contributed by atoms with E-state index in [0.717, 1.165) is 11.1 Å². The number of rotatable bonds is 6. The van der Waals surface area contributed by atoms with Crippen molar-refractivity contribution in [1.29, 1.82) is 0 Å². The maximum atomic E-state index is 13.2. The van der Waals surface area contributed by atoms with Crippen LogP contribution in [0, 0.1) is 0 Å². The summed E-state index contributed by atoms with van der Waals surface area (Å²) in [6, 6.07) is 22.1. The summed E-state index contributed by atoms with van der Waals surface area (Å²) < 4.78 is 12.0. The second-order valence-corrected chi connectivity index (χ2v) is 8.68. The van der Waals surface area contributed by atoms with Gasteiger partial charge in [0, 0.05) is 22.0 Å². The van der Waals surface area contributed by atoms with Crippen LogP contribution >= 0.6 is 23.2 Å². The predicted molar refractivity (Wildman–Crippen MR) is 136 cm³/mol. The monoisotopic (exact) mass is 491 g/mol. The molecule has 1 aliphatic heterocycles. The minimum atomic E-state index is -0.371. The van der Waals surface area contributed by atoms with Gasteiger partial charge in [-0.25, -0.2) is 0 Å². The Labute approximate surface area is 205 Å². The Morgan fingerprint density at radius 1 is 0.971 bits per heavy atom. The number of oxime groups is 1. The molecule has 2 heterocycles. The number of halogens is 2. The zero-order valence-electron chi connectivity index (χ0n) is 17.9. The van der Waals surface area contributed by atoms with Crippen molar-refractivity contribution >= 4 is 52.0 Å². The summed E-state index contributed by atoms with van der Waals surface area (Å²) in [6.45, 7) is 0.122. The van der Waals surface area contributed by atoms with Crippen LogP contribution in [0.5, 0.6) is 5.75 Å². The molecule has 1 atom stereocenters. The third kappa shape index (κ3) is 4.86. The molecule has 0 saturated carbocycles. The van der Waals surface area contributed by atoms with Gasteiger partial charge in [-0.05, 0) is 42.0 Å². The number of nitrogens with zero attached hydrogens (tertiary/aromatic N) is 1. The van der Waals surface area contributed by atoms with Gasteiger partial charge in [0.15, 0.2) is 11.9 Å². The van der Waals surface area contributed by atoms with E-state index >= 15 is 0 Å². The van der Waals surface area contributed by atoms with Crippen molar-refractivity contribution in [2.45, 2.75) is 12.5 Å². The first-order chi connectivity index (χ1) is 16.6. The van der Waals surface area contributed by atoms with E-state index in [9.17, 15) is 4.79 Å². The summed E-state index contributed by atoms with van der Waals surface area (Å²) in [6.07, 6.45) is 3.73. The zero-order chi connectivity index (χ0) is 23.5. The fourth-order valence-corrected chi connectivity index (χ4v) is 4.24. The number of para-hydroxylation sites is 1. The standard InChI is InChI=1S/C27H19Cl2NO4/c28-19-12-18(13-20(29)14-19)23-15-21(34-30-23)16-32-27-25(11-10-17-6-2-1-3-7-17)33-24-9-5-4-8-22(24)26(27)31/h1-14,21H,15-16H2/b11-10+. The third-order valence-electron chi connectivity index (χ3n) is 5.35. The minimum absolute atomic E-state index is 0.122. The Bertz CT molecular complexity index is 1440. The number of benzene rings is 3. The highest BCUT2D eigenvalue weighted by atomic mass is 35.5. The average molecular weight is 492 g/mol.